The third kappa shape index (κ3) is 3.40. The van der Waals surface area contributed by atoms with Gasteiger partial charge in [0.25, 0.3) is 0 Å². The number of nitrogens with one attached hydrogen (secondary N) is 1. The first kappa shape index (κ1) is 14.8. The molecule has 0 atom stereocenters. The highest BCUT2D eigenvalue weighted by molar-refractivity contribution is 5.91. The van der Waals surface area contributed by atoms with Gasteiger partial charge < -0.3 is 14.5 Å². The second-order valence-electron chi connectivity index (χ2n) is 4.97. The zero-order valence-corrected chi connectivity index (χ0v) is 12.8. The first-order valence-corrected chi connectivity index (χ1v) is 7.28. The molecule has 0 aliphatic carbocycles. The van der Waals surface area contributed by atoms with Gasteiger partial charge in [-0.2, -0.15) is 0 Å². The van der Waals surface area contributed by atoms with E-state index in [2.05, 4.69) is 10.3 Å². The van der Waals surface area contributed by atoms with Gasteiger partial charge in [0.15, 0.2) is 0 Å². The fourth-order valence-corrected chi connectivity index (χ4v) is 2.33. The van der Waals surface area contributed by atoms with Gasteiger partial charge in [0.05, 0.1) is 19.0 Å². The number of nitrogens with zero attached hydrogens (tertiary/aromatic N) is 2. The van der Waals surface area contributed by atoms with E-state index in [-0.39, 0.29) is 5.91 Å². The van der Waals surface area contributed by atoms with E-state index in [1.165, 1.54) is 6.08 Å². The van der Waals surface area contributed by atoms with Crippen LogP contribution in [0, 0.1) is 0 Å². The Labute approximate surface area is 134 Å². The van der Waals surface area contributed by atoms with E-state index < -0.39 is 0 Å². The molecule has 0 radical (unpaired) electrons. The van der Waals surface area contributed by atoms with Gasteiger partial charge in [0.1, 0.15) is 11.4 Å². The molecule has 23 heavy (non-hydrogen) atoms. The molecule has 0 aliphatic rings. The molecule has 2 aromatic heterocycles. The number of amides is 1. The van der Waals surface area contributed by atoms with Crippen molar-refractivity contribution in [2.24, 2.45) is 0 Å². The van der Waals surface area contributed by atoms with Crippen LogP contribution in [0.4, 0.5) is 0 Å². The van der Waals surface area contributed by atoms with Gasteiger partial charge in [-0.05, 0) is 24.3 Å². The highest BCUT2D eigenvalue weighted by Crippen LogP contribution is 2.16. The number of ether oxygens (including phenoxy) is 1. The van der Waals surface area contributed by atoms with Crippen molar-refractivity contribution in [2.75, 3.05) is 7.11 Å². The van der Waals surface area contributed by atoms with E-state index in [4.69, 9.17) is 4.74 Å². The molecular formula is C18H17N3O2. The van der Waals surface area contributed by atoms with Crippen molar-refractivity contribution in [3.63, 3.8) is 0 Å². The lowest BCUT2D eigenvalue weighted by molar-refractivity contribution is -0.116. The number of para-hydroxylation sites is 1. The Bertz CT molecular complexity index is 852. The molecule has 0 saturated heterocycles. The van der Waals surface area contributed by atoms with Gasteiger partial charge in [0, 0.05) is 24.4 Å². The quantitative estimate of drug-likeness (QED) is 0.737. The number of fused-ring (bicyclic) bond motifs is 1. The van der Waals surface area contributed by atoms with Crippen LogP contribution in [0.25, 0.3) is 11.7 Å². The summed E-state index contributed by atoms with van der Waals surface area (Å²) in [5.41, 5.74) is 2.64. The van der Waals surface area contributed by atoms with Gasteiger partial charge in [-0.25, -0.2) is 4.98 Å². The van der Waals surface area contributed by atoms with Crippen LogP contribution < -0.4 is 10.1 Å². The summed E-state index contributed by atoms with van der Waals surface area (Å²) in [6.07, 6.45) is 6.90. The van der Waals surface area contributed by atoms with E-state index in [1.54, 1.807) is 19.4 Å². The Morgan fingerprint density at radius 3 is 2.96 bits per heavy atom. The lowest BCUT2D eigenvalue weighted by Gasteiger charge is -2.08. The summed E-state index contributed by atoms with van der Waals surface area (Å²) in [5.74, 6) is 0.598. The third-order valence-corrected chi connectivity index (χ3v) is 3.50. The van der Waals surface area contributed by atoms with Crippen LogP contribution in [0.5, 0.6) is 5.75 Å². The molecule has 3 aromatic rings. The van der Waals surface area contributed by atoms with E-state index in [0.717, 1.165) is 22.7 Å². The predicted molar refractivity (Wildman–Crippen MR) is 89.1 cm³/mol. The summed E-state index contributed by atoms with van der Waals surface area (Å²) in [6, 6.07) is 13.4. The molecule has 0 fully saturated rings. The highest BCUT2D eigenvalue weighted by Gasteiger charge is 2.03. The highest BCUT2D eigenvalue weighted by atomic mass is 16.5. The third-order valence-electron chi connectivity index (χ3n) is 3.50. The minimum absolute atomic E-state index is 0.165. The Morgan fingerprint density at radius 1 is 1.26 bits per heavy atom. The van der Waals surface area contributed by atoms with Gasteiger partial charge in [-0.15, -0.1) is 0 Å². The van der Waals surface area contributed by atoms with Crippen LogP contribution in [0.2, 0.25) is 0 Å². The van der Waals surface area contributed by atoms with Gasteiger partial charge in [-0.3, -0.25) is 4.79 Å². The van der Waals surface area contributed by atoms with Crippen LogP contribution in [0.3, 0.4) is 0 Å². The number of benzene rings is 1. The molecule has 116 valence electrons. The van der Waals surface area contributed by atoms with Crippen LogP contribution in [-0.4, -0.2) is 22.4 Å². The molecule has 1 amide bonds. The van der Waals surface area contributed by atoms with Gasteiger partial charge in [-0.1, -0.05) is 24.3 Å². The minimum atomic E-state index is -0.165. The number of hydrogen-bond donors (Lipinski definition) is 1. The maximum absolute atomic E-state index is 12.0. The molecule has 5 nitrogen and oxygen atoms in total. The monoisotopic (exact) mass is 307 g/mol. The second kappa shape index (κ2) is 6.79. The number of pyridine rings is 1. The van der Waals surface area contributed by atoms with Crippen molar-refractivity contribution in [1.29, 1.82) is 0 Å². The molecule has 3 rings (SSSR count). The topological polar surface area (TPSA) is 55.6 Å². The molecule has 0 unspecified atom stereocenters. The SMILES string of the molecule is COc1ccccc1CNC(=O)/C=C/c1cnc2ccccn12. The summed E-state index contributed by atoms with van der Waals surface area (Å²) in [6.45, 7) is 0.417. The molecule has 0 aliphatic heterocycles. The summed E-state index contributed by atoms with van der Waals surface area (Å²) >= 11 is 0. The lowest BCUT2D eigenvalue weighted by atomic mass is 10.2. The molecule has 1 N–H and O–H groups in total. The Morgan fingerprint density at radius 2 is 2.09 bits per heavy atom. The van der Waals surface area contributed by atoms with Crippen LogP contribution in [-0.2, 0) is 11.3 Å². The Hall–Kier alpha value is -3.08. The van der Waals surface area contributed by atoms with E-state index in [9.17, 15) is 4.79 Å². The fraction of sp³-hybridized carbons (Fsp3) is 0.111. The van der Waals surface area contributed by atoms with Gasteiger partial charge >= 0.3 is 0 Å². The van der Waals surface area contributed by atoms with Crippen molar-refractivity contribution in [3.8, 4) is 5.75 Å². The van der Waals surface area contributed by atoms with Gasteiger partial charge in [0.2, 0.25) is 5.91 Å². The molecule has 2 heterocycles. The standard InChI is InChI=1S/C18H17N3O2/c1-23-16-7-3-2-6-14(16)12-20-18(22)10-9-15-13-19-17-8-4-5-11-21(15)17/h2-11,13H,12H2,1H3,(H,20,22)/b10-9+. The number of methoxy groups -OCH3 is 1. The first-order valence-electron chi connectivity index (χ1n) is 7.28. The minimum Gasteiger partial charge on any atom is -0.496 e. The largest absolute Gasteiger partial charge is 0.496 e. The number of aromatic nitrogens is 2. The van der Waals surface area contributed by atoms with E-state index >= 15 is 0 Å². The summed E-state index contributed by atoms with van der Waals surface area (Å²) < 4.78 is 7.18. The summed E-state index contributed by atoms with van der Waals surface area (Å²) in [4.78, 5) is 16.3. The Balaban J connectivity index is 1.65. The fourth-order valence-electron chi connectivity index (χ4n) is 2.33. The van der Waals surface area contributed by atoms with Crippen LogP contribution in [0.15, 0.2) is 60.9 Å². The maximum atomic E-state index is 12.0. The zero-order chi connectivity index (χ0) is 16.1. The molecule has 0 saturated carbocycles. The van der Waals surface area contributed by atoms with Crippen LogP contribution in [0.1, 0.15) is 11.3 Å². The zero-order valence-electron chi connectivity index (χ0n) is 12.8. The normalized spacial score (nSPS) is 11.0. The molecule has 0 bridgehead atoms. The van der Waals surface area contributed by atoms with E-state index in [1.807, 2.05) is 53.1 Å². The molecular weight excluding hydrogens is 290 g/mol. The second-order valence-corrected chi connectivity index (χ2v) is 4.97. The number of hydrogen-bond acceptors (Lipinski definition) is 3. The summed E-state index contributed by atoms with van der Waals surface area (Å²) in [5, 5.41) is 2.85. The average molecular weight is 307 g/mol. The van der Waals surface area contributed by atoms with Crippen molar-refractivity contribution in [3.05, 3.63) is 72.2 Å². The van der Waals surface area contributed by atoms with Crippen LogP contribution >= 0.6 is 0 Å². The number of imidazole rings is 1. The number of rotatable bonds is 5. The molecule has 1 aromatic carbocycles. The number of carbonyl (C=O) groups is 1. The van der Waals surface area contributed by atoms with Crippen molar-refractivity contribution < 1.29 is 9.53 Å². The lowest BCUT2D eigenvalue weighted by Crippen LogP contribution is -2.20. The average Bonchev–Trinajstić information content (AvgIpc) is 3.01. The molecule has 0 spiro atoms. The first-order chi connectivity index (χ1) is 11.3. The van der Waals surface area contributed by atoms with Crippen molar-refractivity contribution in [2.45, 2.75) is 6.54 Å². The molecule has 5 heteroatoms. The smallest absolute Gasteiger partial charge is 0.244 e. The summed E-state index contributed by atoms with van der Waals surface area (Å²) in [7, 11) is 1.62. The predicted octanol–water partition coefficient (Wildman–Crippen LogP) is 2.67. The van der Waals surface area contributed by atoms with E-state index in [0.29, 0.717) is 6.54 Å². The van der Waals surface area contributed by atoms with Crippen molar-refractivity contribution >= 4 is 17.6 Å². The number of carbonyl (C=O) groups excluding carboxylic acids is 1. The maximum Gasteiger partial charge on any atom is 0.244 e. The van der Waals surface area contributed by atoms with Crippen molar-refractivity contribution in [1.82, 2.24) is 14.7 Å². The Kier molecular flexibility index (Phi) is 4.38.